The van der Waals surface area contributed by atoms with Crippen molar-refractivity contribution >= 4 is 22.8 Å². The molecule has 1 N–H and O–H groups in total. The Morgan fingerprint density at radius 3 is 2.81 bits per heavy atom. The van der Waals surface area contributed by atoms with Gasteiger partial charge in [-0.05, 0) is 25.7 Å². The van der Waals surface area contributed by atoms with Gasteiger partial charge in [0.15, 0.2) is 0 Å². The van der Waals surface area contributed by atoms with Crippen molar-refractivity contribution in [2.45, 2.75) is 45.4 Å². The van der Waals surface area contributed by atoms with E-state index in [1.165, 1.54) is 6.42 Å². The van der Waals surface area contributed by atoms with Crippen molar-refractivity contribution in [2.75, 3.05) is 38.3 Å². The third kappa shape index (κ3) is 4.30. The van der Waals surface area contributed by atoms with E-state index in [4.69, 9.17) is 14.2 Å². The first-order valence-corrected chi connectivity index (χ1v) is 9.38. The average molecular weight is 361 g/mol. The molecule has 8 nitrogen and oxygen atoms in total. The van der Waals surface area contributed by atoms with Crippen molar-refractivity contribution in [3.8, 4) is 0 Å². The minimum absolute atomic E-state index is 0.0305. The van der Waals surface area contributed by atoms with Gasteiger partial charge in [0.2, 0.25) is 5.91 Å². The van der Waals surface area contributed by atoms with Crippen LogP contribution in [0.25, 0.3) is 11.1 Å². The number of aromatic nitrogens is 3. The maximum atomic E-state index is 11.9. The molecule has 1 amide bonds. The predicted octanol–water partition coefficient (Wildman–Crippen LogP) is 1.87. The van der Waals surface area contributed by atoms with Crippen LogP contribution in [0.4, 0.5) is 5.82 Å². The number of rotatable bonds is 8. The lowest BCUT2D eigenvalue weighted by atomic mass is 10.1. The molecular weight excluding hydrogens is 334 g/mol. The van der Waals surface area contributed by atoms with Gasteiger partial charge in [0, 0.05) is 39.6 Å². The summed E-state index contributed by atoms with van der Waals surface area (Å²) in [7, 11) is 1.61. The maximum absolute atomic E-state index is 11.9. The van der Waals surface area contributed by atoms with E-state index < -0.39 is 0 Å². The van der Waals surface area contributed by atoms with E-state index in [1.54, 1.807) is 7.11 Å². The standard InChI is InChI=1S/C18H27N5O3/c1-3-13-16-17(23-10-5-4-6-11-23)20-14(21-18(16)26-22-13)7-8-15(24)19-9-12-25-2/h3-12H2,1-2H3,(H,19,24). The Balaban J connectivity index is 1.79. The number of carbonyl (C=O) groups excluding carboxylic acids is 1. The van der Waals surface area contributed by atoms with Crippen LogP contribution in [0.15, 0.2) is 4.52 Å². The number of nitrogens with zero attached hydrogens (tertiary/aromatic N) is 4. The number of anilines is 1. The van der Waals surface area contributed by atoms with Crippen LogP contribution in [-0.4, -0.2) is 54.4 Å². The molecule has 3 rings (SSSR count). The Morgan fingerprint density at radius 1 is 1.27 bits per heavy atom. The molecule has 1 saturated heterocycles. The summed E-state index contributed by atoms with van der Waals surface area (Å²) in [5.74, 6) is 1.50. The summed E-state index contributed by atoms with van der Waals surface area (Å²) in [6.07, 6.45) is 5.16. The molecule has 0 aliphatic carbocycles. The molecule has 0 radical (unpaired) electrons. The Bertz CT molecular complexity index is 740. The normalized spacial score (nSPS) is 14.8. The molecule has 0 aromatic carbocycles. The number of aryl methyl sites for hydroxylation is 2. The first-order chi connectivity index (χ1) is 12.7. The van der Waals surface area contributed by atoms with E-state index in [-0.39, 0.29) is 5.91 Å². The van der Waals surface area contributed by atoms with E-state index in [9.17, 15) is 4.79 Å². The van der Waals surface area contributed by atoms with Gasteiger partial charge in [-0.15, -0.1) is 0 Å². The fourth-order valence-electron chi connectivity index (χ4n) is 3.23. The van der Waals surface area contributed by atoms with Crippen molar-refractivity contribution in [2.24, 2.45) is 0 Å². The van der Waals surface area contributed by atoms with Crippen LogP contribution in [0.2, 0.25) is 0 Å². The molecule has 2 aromatic rings. The Hall–Kier alpha value is -2.22. The van der Waals surface area contributed by atoms with E-state index in [0.717, 1.165) is 49.2 Å². The first kappa shape index (κ1) is 18.6. The minimum Gasteiger partial charge on any atom is -0.383 e. The molecule has 0 unspecified atom stereocenters. The Morgan fingerprint density at radius 2 is 2.08 bits per heavy atom. The highest BCUT2D eigenvalue weighted by Crippen LogP contribution is 2.29. The molecule has 0 spiro atoms. The predicted molar refractivity (Wildman–Crippen MR) is 98.2 cm³/mol. The maximum Gasteiger partial charge on any atom is 0.263 e. The zero-order valence-corrected chi connectivity index (χ0v) is 15.6. The smallest absolute Gasteiger partial charge is 0.263 e. The second kappa shape index (κ2) is 8.93. The van der Waals surface area contributed by atoms with E-state index in [1.807, 2.05) is 0 Å². The second-order valence-corrected chi connectivity index (χ2v) is 6.52. The molecule has 1 aliphatic rings. The molecular formula is C18H27N5O3. The third-order valence-corrected chi connectivity index (χ3v) is 4.63. The average Bonchev–Trinajstić information content (AvgIpc) is 3.10. The fraction of sp³-hybridized carbons (Fsp3) is 0.667. The Labute approximate surface area is 153 Å². The molecule has 0 saturated carbocycles. The van der Waals surface area contributed by atoms with Crippen molar-refractivity contribution in [1.82, 2.24) is 20.4 Å². The number of hydrogen-bond acceptors (Lipinski definition) is 7. The number of fused-ring (bicyclic) bond motifs is 1. The van der Waals surface area contributed by atoms with Crippen molar-refractivity contribution in [1.29, 1.82) is 0 Å². The molecule has 8 heteroatoms. The van der Waals surface area contributed by atoms with Crippen LogP contribution in [-0.2, 0) is 22.4 Å². The van der Waals surface area contributed by atoms with Crippen LogP contribution in [0.1, 0.15) is 44.1 Å². The molecule has 3 heterocycles. The molecule has 1 fully saturated rings. The van der Waals surface area contributed by atoms with Gasteiger partial charge < -0.3 is 19.5 Å². The Kier molecular flexibility index (Phi) is 6.38. The molecule has 2 aromatic heterocycles. The summed E-state index contributed by atoms with van der Waals surface area (Å²) < 4.78 is 10.4. The van der Waals surface area contributed by atoms with E-state index in [0.29, 0.717) is 37.5 Å². The first-order valence-electron chi connectivity index (χ1n) is 9.38. The monoisotopic (exact) mass is 361 g/mol. The van der Waals surface area contributed by atoms with Crippen LogP contribution in [0.3, 0.4) is 0 Å². The van der Waals surface area contributed by atoms with Gasteiger partial charge in [-0.3, -0.25) is 4.79 Å². The van der Waals surface area contributed by atoms with Crippen LogP contribution in [0, 0.1) is 0 Å². The van der Waals surface area contributed by atoms with Crippen molar-refractivity contribution < 1.29 is 14.1 Å². The zero-order chi connectivity index (χ0) is 18.4. The summed E-state index contributed by atoms with van der Waals surface area (Å²) in [5, 5.41) is 7.89. The number of hydrogen-bond donors (Lipinski definition) is 1. The number of piperidine rings is 1. The molecule has 0 bridgehead atoms. The topological polar surface area (TPSA) is 93.4 Å². The van der Waals surface area contributed by atoms with E-state index in [2.05, 4.69) is 27.3 Å². The summed E-state index contributed by atoms with van der Waals surface area (Å²) in [4.78, 5) is 23.5. The van der Waals surface area contributed by atoms with Gasteiger partial charge in [-0.1, -0.05) is 12.1 Å². The highest BCUT2D eigenvalue weighted by atomic mass is 16.5. The zero-order valence-electron chi connectivity index (χ0n) is 15.6. The number of nitrogens with one attached hydrogen (secondary N) is 1. The lowest BCUT2D eigenvalue weighted by Gasteiger charge is -2.28. The number of ether oxygens (including phenoxy) is 1. The van der Waals surface area contributed by atoms with E-state index >= 15 is 0 Å². The minimum atomic E-state index is -0.0305. The number of amides is 1. The highest BCUT2D eigenvalue weighted by molar-refractivity contribution is 5.88. The quantitative estimate of drug-likeness (QED) is 0.717. The van der Waals surface area contributed by atoms with Gasteiger partial charge in [-0.2, -0.15) is 4.98 Å². The van der Waals surface area contributed by atoms with Gasteiger partial charge >= 0.3 is 0 Å². The largest absolute Gasteiger partial charge is 0.383 e. The lowest BCUT2D eigenvalue weighted by Crippen LogP contribution is -2.31. The SMILES string of the molecule is CCc1noc2nc(CCC(=O)NCCOC)nc(N3CCCCC3)c12. The molecule has 142 valence electrons. The van der Waals surface area contributed by atoms with Gasteiger partial charge in [-0.25, -0.2) is 4.98 Å². The molecule has 1 aliphatic heterocycles. The van der Waals surface area contributed by atoms with Crippen LogP contribution in [0.5, 0.6) is 0 Å². The highest BCUT2D eigenvalue weighted by Gasteiger charge is 2.22. The van der Waals surface area contributed by atoms with Crippen molar-refractivity contribution in [3.63, 3.8) is 0 Å². The summed E-state index contributed by atoms with van der Waals surface area (Å²) in [6.45, 7) is 5.03. The summed E-state index contributed by atoms with van der Waals surface area (Å²) >= 11 is 0. The lowest BCUT2D eigenvalue weighted by molar-refractivity contribution is -0.121. The van der Waals surface area contributed by atoms with Crippen molar-refractivity contribution in [3.05, 3.63) is 11.5 Å². The number of methoxy groups -OCH3 is 1. The second-order valence-electron chi connectivity index (χ2n) is 6.52. The van der Waals surface area contributed by atoms with Gasteiger partial charge in [0.1, 0.15) is 17.0 Å². The van der Waals surface area contributed by atoms with Gasteiger partial charge in [0.05, 0.1) is 12.3 Å². The van der Waals surface area contributed by atoms with Crippen LogP contribution < -0.4 is 10.2 Å². The third-order valence-electron chi connectivity index (χ3n) is 4.63. The summed E-state index contributed by atoms with van der Waals surface area (Å²) in [6, 6.07) is 0. The molecule has 26 heavy (non-hydrogen) atoms. The van der Waals surface area contributed by atoms with Gasteiger partial charge in [0.25, 0.3) is 5.71 Å². The number of carbonyl (C=O) groups is 1. The molecule has 0 atom stereocenters. The fourth-order valence-corrected chi connectivity index (χ4v) is 3.23. The van der Waals surface area contributed by atoms with Crippen LogP contribution >= 0.6 is 0 Å². The summed E-state index contributed by atoms with van der Waals surface area (Å²) in [5.41, 5.74) is 1.41.